The number of unbranched alkanes of at least 4 members (excludes halogenated alkanes) is 1. The molecule has 0 aliphatic rings. The maximum Gasteiger partial charge on any atom is 0.273 e. The van der Waals surface area contributed by atoms with Gasteiger partial charge in [0, 0.05) is 0 Å². The van der Waals surface area contributed by atoms with E-state index in [9.17, 15) is 17.2 Å². The number of sulfonamides is 1. The van der Waals surface area contributed by atoms with Crippen LogP contribution in [-0.2, 0) is 10.0 Å². The minimum atomic E-state index is -3.57. The smallest absolute Gasteiger partial charge is 0.273 e. The molecule has 0 saturated heterocycles. The summed E-state index contributed by atoms with van der Waals surface area (Å²) in [7, 11) is -3.57. The summed E-state index contributed by atoms with van der Waals surface area (Å²) in [5.41, 5.74) is 4.75. The SMILES string of the molecule is CCCCS(=O)(=O)NCC(F)(F)CN. The van der Waals surface area contributed by atoms with Crippen LogP contribution in [-0.4, -0.2) is 33.2 Å². The van der Waals surface area contributed by atoms with Gasteiger partial charge >= 0.3 is 0 Å². The summed E-state index contributed by atoms with van der Waals surface area (Å²) in [4.78, 5) is 0. The van der Waals surface area contributed by atoms with Gasteiger partial charge < -0.3 is 5.73 Å². The summed E-state index contributed by atoms with van der Waals surface area (Å²) in [5, 5.41) is 0. The van der Waals surface area contributed by atoms with Gasteiger partial charge in [0.1, 0.15) is 0 Å². The highest BCUT2D eigenvalue weighted by atomic mass is 32.2. The highest BCUT2D eigenvalue weighted by molar-refractivity contribution is 7.89. The second kappa shape index (κ2) is 5.57. The third kappa shape index (κ3) is 6.22. The Hall–Kier alpha value is -0.270. The van der Waals surface area contributed by atoms with Gasteiger partial charge in [-0.3, -0.25) is 0 Å². The Morgan fingerprint density at radius 1 is 1.43 bits per heavy atom. The minimum Gasteiger partial charge on any atom is -0.325 e. The van der Waals surface area contributed by atoms with Gasteiger partial charge in [-0.15, -0.1) is 0 Å². The fourth-order valence-electron chi connectivity index (χ4n) is 0.694. The van der Waals surface area contributed by atoms with E-state index in [4.69, 9.17) is 5.73 Å². The van der Waals surface area contributed by atoms with Crippen LogP contribution in [0.1, 0.15) is 19.8 Å². The summed E-state index contributed by atoms with van der Waals surface area (Å²) in [6, 6.07) is 0. The van der Waals surface area contributed by atoms with Crippen molar-refractivity contribution in [3.05, 3.63) is 0 Å². The average Bonchev–Trinajstić information content (AvgIpc) is 2.12. The molecule has 4 nitrogen and oxygen atoms in total. The maximum atomic E-state index is 12.6. The molecule has 0 bridgehead atoms. The highest BCUT2D eigenvalue weighted by Gasteiger charge is 2.28. The second-order valence-corrected chi connectivity index (χ2v) is 4.98. The number of nitrogens with two attached hydrogens (primary N) is 1. The Kier molecular flexibility index (Phi) is 5.46. The van der Waals surface area contributed by atoms with E-state index in [0.29, 0.717) is 12.8 Å². The molecule has 3 N–H and O–H groups in total. The zero-order valence-corrected chi connectivity index (χ0v) is 8.91. The fourth-order valence-corrected chi connectivity index (χ4v) is 1.94. The van der Waals surface area contributed by atoms with Crippen LogP contribution in [0.15, 0.2) is 0 Å². The van der Waals surface area contributed by atoms with Crippen LogP contribution in [0.5, 0.6) is 0 Å². The van der Waals surface area contributed by atoms with E-state index in [1.165, 1.54) is 0 Å². The molecule has 0 aromatic heterocycles. The summed E-state index contributed by atoms with van der Waals surface area (Å²) >= 11 is 0. The minimum absolute atomic E-state index is 0.121. The van der Waals surface area contributed by atoms with Gasteiger partial charge in [-0.1, -0.05) is 13.3 Å². The molecule has 86 valence electrons. The number of hydrogen-bond donors (Lipinski definition) is 2. The molecule has 0 amide bonds. The average molecular weight is 230 g/mol. The van der Waals surface area contributed by atoms with E-state index in [-0.39, 0.29) is 5.75 Å². The van der Waals surface area contributed by atoms with E-state index in [1.807, 2.05) is 11.6 Å². The number of rotatable bonds is 7. The summed E-state index contributed by atoms with van der Waals surface area (Å²) in [6.45, 7) is 0.0445. The van der Waals surface area contributed by atoms with E-state index in [1.54, 1.807) is 0 Å². The third-order valence-corrected chi connectivity index (χ3v) is 3.03. The molecule has 7 heteroatoms. The van der Waals surface area contributed by atoms with Gasteiger partial charge in [-0.25, -0.2) is 21.9 Å². The summed E-state index contributed by atoms with van der Waals surface area (Å²) in [5.74, 6) is -3.29. The Labute approximate surface area is 82.9 Å². The first-order chi connectivity index (χ1) is 6.33. The van der Waals surface area contributed by atoms with Crippen LogP contribution in [0, 0.1) is 0 Å². The molecule has 0 aliphatic carbocycles. The lowest BCUT2D eigenvalue weighted by atomic mass is 10.3. The van der Waals surface area contributed by atoms with Crippen molar-refractivity contribution in [2.45, 2.75) is 25.7 Å². The molecular weight excluding hydrogens is 214 g/mol. The maximum absolute atomic E-state index is 12.6. The van der Waals surface area contributed by atoms with E-state index < -0.39 is 29.0 Å². The van der Waals surface area contributed by atoms with E-state index >= 15 is 0 Å². The lowest BCUT2D eigenvalue weighted by Gasteiger charge is -2.14. The predicted octanol–water partition coefficient (Wildman–Crippen LogP) is 0.300. The van der Waals surface area contributed by atoms with Crippen molar-refractivity contribution in [1.82, 2.24) is 4.72 Å². The molecule has 0 aliphatic heterocycles. The van der Waals surface area contributed by atoms with Crippen LogP contribution in [0.4, 0.5) is 8.78 Å². The van der Waals surface area contributed by atoms with Gasteiger partial charge in [0.2, 0.25) is 10.0 Å². The first-order valence-electron chi connectivity index (χ1n) is 4.38. The zero-order chi connectivity index (χ0) is 11.2. The van der Waals surface area contributed by atoms with Crippen molar-refractivity contribution >= 4 is 10.0 Å². The van der Waals surface area contributed by atoms with Gasteiger partial charge in [-0.2, -0.15) is 0 Å². The van der Waals surface area contributed by atoms with Gasteiger partial charge in [0.15, 0.2) is 0 Å². The normalized spacial score (nSPS) is 13.1. The summed E-state index contributed by atoms with van der Waals surface area (Å²) in [6.07, 6.45) is 1.16. The molecule has 14 heavy (non-hydrogen) atoms. The molecule has 0 fully saturated rings. The quantitative estimate of drug-likeness (QED) is 0.660. The molecule has 0 heterocycles. The number of nitrogens with one attached hydrogen (secondary N) is 1. The Morgan fingerprint density at radius 2 is 2.00 bits per heavy atom. The first-order valence-corrected chi connectivity index (χ1v) is 6.03. The molecule has 0 radical (unpaired) electrons. The Morgan fingerprint density at radius 3 is 2.43 bits per heavy atom. The molecule has 0 rings (SSSR count). The van der Waals surface area contributed by atoms with Crippen LogP contribution in [0.25, 0.3) is 0 Å². The van der Waals surface area contributed by atoms with E-state index in [0.717, 1.165) is 0 Å². The number of hydrogen-bond acceptors (Lipinski definition) is 3. The van der Waals surface area contributed by atoms with E-state index in [2.05, 4.69) is 0 Å². The molecular formula is C7H16F2N2O2S. The van der Waals surface area contributed by atoms with Gasteiger partial charge in [-0.05, 0) is 6.42 Å². The van der Waals surface area contributed by atoms with Gasteiger partial charge in [0.25, 0.3) is 5.92 Å². The van der Waals surface area contributed by atoms with Crippen molar-refractivity contribution in [3.63, 3.8) is 0 Å². The highest BCUT2D eigenvalue weighted by Crippen LogP contribution is 2.09. The van der Waals surface area contributed by atoms with Crippen molar-refractivity contribution in [3.8, 4) is 0 Å². The molecule has 0 spiro atoms. The standard InChI is InChI=1S/C7H16F2N2O2S/c1-2-3-4-14(12,13)11-6-7(8,9)5-10/h11H,2-6,10H2,1H3. The monoisotopic (exact) mass is 230 g/mol. The van der Waals surface area contributed by atoms with Crippen molar-refractivity contribution in [2.24, 2.45) is 5.73 Å². The number of alkyl halides is 2. The molecule has 0 unspecified atom stereocenters. The van der Waals surface area contributed by atoms with Gasteiger partial charge in [0.05, 0.1) is 18.8 Å². The van der Waals surface area contributed by atoms with Crippen molar-refractivity contribution < 1.29 is 17.2 Å². The lowest BCUT2D eigenvalue weighted by Crippen LogP contribution is -2.42. The Bertz CT molecular complexity index is 254. The predicted molar refractivity (Wildman–Crippen MR) is 50.7 cm³/mol. The Balaban J connectivity index is 4.00. The van der Waals surface area contributed by atoms with Crippen LogP contribution in [0.2, 0.25) is 0 Å². The zero-order valence-electron chi connectivity index (χ0n) is 8.09. The summed E-state index contributed by atoms with van der Waals surface area (Å²) < 4.78 is 49.1. The largest absolute Gasteiger partial charge is 0.325 e. The van der Waals surface area contributed by atoms with Crippen molar-refractivity contribution in [2.75, 3.05) is 18.8 Å². The number of halogens is 2. The third-order valence-electron chi connectivity index (χ3n) is 1.62. The molecule has 0 aromatic rings. The second-order valence-electron chi connectivity index (χ2n) is 3.05. The lowest BCUT2D eigenvalue weighted by molar-refractivity contribution is 0.0170. The topological polar surface area (TPSA) is 72.2 Å². The first kappa shape index (κ1) is 13.7. The molecule has 0 aromatic carbocycles. The van der Waals surface area contributed by atoms with Crippen LogP contribution >= 0.6 is 0 Å². The van der Waals surface area contributed by atoms with Crippen LogP contribution < -0.4 is 10.5 Å². The van der Waals surface area contributed by atoms with Crippen molar-refractivity contribution in [1.29, 1.82) is 0 Å². The fraction of sp³-hybridized carbons (Fsp3) is 1.00. The molecule has 0 saturated carbocycles. The molecule has 0 atom stereocenters. The van der Waals surface area contributed by atoms with Crippen LogP contribution in [0.3, 0.4) is 0 Å².